The van der Waals surface area contributed by atoms with E-state index in [1.54, 1.807) is 0 Å². The molecule has 0 aliphatic rings. The van der Waals surface area contributed by atoms with Crippen LogP contribution >= 0.6 is 0 Å². The van der Waals surface area contributed by atoms with Gasteiger partial charge in [-0.05, 0) is 12.3 Å². The number of amides is 1. The predicted molar refractivity (Wildman–Crippen MR) is 45.2 cm³/mol. The normalized spacial score (nSPS) is 10.3. The highest BCUT2D eigenvalue weighted by molar-refractivity contribution is 5.74. The molecule has 0 fully saturated rings. The van der Waals surface area contributed by atoms with Crippen molar-refractivity contribution in [1.29, 1.82) is 0 Å². The number of carbonyl (C=O) groups excluding carboxylic acids is 1. The number of hydrogen-bond acceptors (Lipinski definition) is 3. The second-order valence-corrected chi connectivity index (χ2v) is 3.26. The van der Waals surface area contributed by atoms with Crippen molar-refractivity contribution in [2.24, 2.45) is 5.92 Å². The van der Waals surface area contributed by atoms with E-state index < -0.39 is 0 Å². The average molecular weight is 175 g/mol. The number of carbonyl (C=O) groups is 1. The summed E-state index contributed by atoms with van der Waals surface area (Å²) in [5.74, 6) is 0.406. The summed E-state index contributed by atoms with van der Waals surface area (Å²) < 4.78 is 0. The van der Waals surface area contributed by atoms with E-state index in [9.17, 15) is 4.79 Å². The Balaban J connectivity index is 3.14. The van der Waals surface area contributed by atoms with E-state index in [1.165, 1.54) is 0 Å². The molecule has 0 bridgehead atoms. The summed E-state index contributed by atoms with van der Waals surface area (Å²) in [5.41, 5.74) is 1.85. The maximum atomic E-state index is 10.7. The SMILES string of the molecule is CC(C)CCCCC(=O)NOO. The lowest BCUT2D eigenvalue weighted by Gasteiger charge is -2.03. The Hall–Kier alpha value is -0.610. The molecule has 1 amide bonds. The molecule has 0 radical (unpaired) electrons. The number of unbranched alkanes of at least 4 members (excludes halogenated alkanes) is 1. The molecule has 0 aromatic rings. The van der Waals surface area contributed by atoms with Gasteiger partial charge in [0.05, 0.1) is 0 Å². The summed E-state index contributed by atoms with van der Waals surface area (Å²) >= 11 is 0. The molecule has 2 N–H and O–H groups in total. The highest BCUT2D eigenvalue weighted by Gasteiger charge is 2.00. The fourth-order valence-corrected chi connectivity index (χ4v) is 0.940. The first kappa shape index (κ1) is 11.4. The van der Waals surface area contributed by atoms with Crippen LogP contribution in [0.25, 0.3) is 0 Å². The molecular formula is C8H17NO3. The molecule has 0 aliphatic heterocycles. The van der Waals surface area contributed by atoms with E-state index in [1.807, 2.05) is 5.48 Å². The topological polar surface area (TPSA) is 58.6 Å². The van der Waals surface area contributed by atoms with Crippen LogP contribution < -0.4 is 5.48 Å². The van der Waals surface area contributed by atoms with Gasteiger partial charge in [-0.3, -0.25) is 4.79 Å². The Labute approximate surface area is 72.8 Å². The van der Waals surface area contributed by atoms with E-state index in [0.717, 1.165) is 19.3 Å². The Morgan fingerprint density at radius 2 is 2.17 bits per heavy atom. The second kappa shape index (κ2) is 7.06. The van der Waals surface area contributed by atoms with Crippen molar-refractivity contribution >= 4 is 5.91 Å². The molecule has 4 nitrogen and oxygen atoms in total. The van der Waals surface area contributed by atoms with Crippen LogP contribution in [0.5, 0.6) is 0 Å². The minimum atomic E-state index is -0.277. The lowest BCUT2D eigenvalue weighted by atomic mass is 10.1. The first-order valence-corrected chi connectivity index (χ1v) is 4.26. The minimum Gasteiger partial charge on any atom is -0.273 e. The largest absolute Gasteiger partial charge is 0.273 e. The van der Waals surface area contributed by atoms with Crippen LogP contribution in [-0.2, 0) is 9.78 Å². The second-order valence-electron chi connectivity index (χ2n) is 3.26. The summed E-state index contributed by atoms with van der Waals surface area (Å²) in [7, 11) is 0. The van der Waals surface area contributed by atoms with Gasteiger partial charge in [0.2, 0.25) is 5.91 Å². The van der Waals surface area contributed by atoms with Gasteiger partial charge >= 0.3 is 0 Å². The minimum absolute atomic E-state index is 0.277. The van der Waals surface area contributed by atoms with E-state index in [4.69, 9.17) is 5.26 Å². The van der Waals surface area contributed by atoms with Crippen LogP contribution in [0, 0.1) is 5.92 Å². The van der Waals surface area contributed by atoms with Crippen molar-refractivity contribution in [1.82, 2.24) is 5.48 Å². The van der Waals surface area contributed by atoms with Crippen LogP contribution in [0.1, 0.15) is 39.5 Å². The standard InChI is InChI=1S/C8H17NO3/c1-7(2)5-3-4-6-8(10)9-12-11/h7,11H,3-6H2,1-2H3,(H,9,10). The van der Waals surface area contributed by atoms with E-state index >= 15 is 0 Å². The van der Waals surface area contributed by atoms with Crippen molar-refractivity contribution in [3.8, 4) is 0 Å². The van der Waals surface area contributed by atoms with Crippen LogP contribution in [0.3, 0.4) is 0 Å². The smallest absolute Gasteiger partial charge is 0.245 e. The van der Waals surface area contributed by atoms with Crippen molar-refractivity contribution in [2.45, 2.75) is 39.5 Å². The van der Waals surface area contributed by atoms with Gasteiger partial charge in [0, 0.05) is 6.42 Å². The lowest BCUT2D eigenvalue weighted by molar-refractivity contribution is -0.284. The quantitative estimate of drug-likeness (QED) is 0.367. The van der Waals surface area contributed by atoms with E-state index in [2.05, 4.69) is 18.8 Å². The Bertz CT molecular complexity index is 125. The third kappa shape index (κ3) is 7.50. The first-order valence-electron chi connectivity index (χ1n) is 4.26. The lowest BCUT2D eigenvalue weighted by Crippen LogP contribution is -2.21. The molecule has 0 saturated heterocycles. The third-order valence-corrected chi connectivity index (χ3v) is 1.59. The third-order valence-electron chi connectivity index (χ3n) is 1.59. The van der Waals surface area contributed by atoms with E-state index in [0.29, 0.717) is 12.3 Å². The van der Waals surface area contributed by atoms with Gasteiger partial charge in [-0.15, -0.1) is 4.99 Å². The summed E-state index contributed by atoms with van der Waals surface area (Å²) in [6, 6.07) is 0. The van der Waals surface area contributed by atoms with Crippen LogP contribution in [-0.4, -0.2) is 11.2 Å². The molecule has 0 rings (SSSR count). The summed E-state index contributed by atoms with van der Waals surface area (Å²) in [4.78, 5) is 14.2. The molecule has 0 unspecified atom stereocenters. The Morgan fingerprint density at radius 3 is 2.67 bits per heavy atom. The van der Waals surface area contributed by atoms with Crippen molar-refractivity contribution in [2.75, 3.05) is 0 Å². The highest BCUT2D eigenvalue weighted by Crippen LogP contribution is 2.07. The number of rotatable bonds is 6. The highest BCUT2D eigenvalue weighted by atomic mass is 17.2. The van der Waals surface area contributed by atoms with Crippen molar-refractivity contribution in [3.05, 3.63) is 0 Å². The molecule has 0 aliphatic carbocycles. The number of hydroxylamine groups is 1. The van der Waals surface area contributed by atoms with Gasteiger partial charge in [-0.2, -0.15) is 0 Å². The maximum Gasteiger partial charge on any atom is 0.245 e. The van der Waals surface area contributed by atoms with Crippen molar-refractivity contribution in [3.63, 3.8) is 0 Å². The zero-order valence-corrected chi connectivity index (χ0v) is 7.67. The molecule has 72 valence electrons. The zero-order valence-electron chi connectivity index (χ0n) is 7.67. The van der Waals surface area contributed by atoms with Gasteiger partial charge in [0.15, 0.2) is 0 Å². The number of hydrogen-bond donors (Lipinski definition) is 2. The first-order chi connectivity index (χ1) is 5.66. The molecule has 0 atom stereocenters. The molecule has 0 saturated carbocycles. The molecular weight excluding hydrogens is 158 g/mol. The fraction of sp³-hybridized carbons (Fsp3) is 0.875. The van der Waals surface area contributed by atoms with Gasteiger partial charge in [0.25, 0.3) is 0 Å². The van der Waals surface area contributed by atoms with E-state index in [-0.39, 0.29) is 5.91 Å². The van der Waals surface area contributed by atoms with Crippen LogP contribution in [0.4, 0.5) is 0 Å². The molecule has 0 spiro atoms. The van der Waals surface area contributed by atoms with Crippen LogP contribution in [0.15, 0.2) is 0 Å². The molecule has 0 aromatic heterocycles. The van der Waals surface area contributed by atoms with Gasteiger partial charge in [-0.25, -0.2) is 10.7 Å². The number of nitrogens with one attached hydrogen (secondary N) is 1. The van der Waals surface area contributed by atoms with Crippen molar-refractivity contribution < 1.29 is 15.0 Å². The molecule has 0 heterocycles. The monoisotopic (exact) mass is 175 g/mol. The summed E-state index contributed by atoms with van der Waals surface area (Å²) in [6.07, 6.45) is 3.42. The molecule has 4 heteroatoms. The van der Waals surface area contributed by atoms with Gasteiger partial charge < -0.3 is 0 Å². The molecule has 0 aromatic carbocycles. The fourth-order valence-electron chi connectivity index (χ4n) is 0.940. The average Bonchev–Trinajstić information content (AvgIpc) is 1.98. The summed E-state index contributed by atoms with van der Waals surface area (Å²) in [5, 5.41) is 7.85. The zero-order chi connectivity index (χ0) is 9.40. The predicted octanol–water partition coefficient (Wildman–Crippen LogP) is 1.72. The van der Waals surface area contributed by atoms with Gasteiger partial charge in [0.1, 0.15) is 0 Å². The molecule has 12 heavy (non-hydrogen) atoms. The van der Waals surface area contributed by atoms with Gasteiger partial charge in [-0.1, -0.05) is 26.7 Å². The summed E-state index contributed by atoms with van der Waals surface area (Å²) in [6.45, 7) is 4.30. The maximum absolute atomic E-state index is 10.7. The Morgan fingerprint density at radius 1 is 1.50 bits per heavy atom. The van der Waals surface area contributed by atoms with Crippen LogP contribution in [0.2, 0.25) is 0 Å². The Kier molecular flexibility index (Phi) is 6.70.